The van der Waals surface area contributed by atoms with Crippen molar-refractivity contribution in [3.8, 4) is 5.75 Å². The highest BCUT2D eigenvalue weighted by molar-refractivity contribution is 8.00. The van der Waals surface area contributed by atoms with Crippen molar-refractivity contribution in [2.45, 2.75) is 11.4 Å². The van der Waals surface area contributed by atoms with Crippen molar-refractivity contribution in [1.29, 1.82) is 0 Å². The van der Waals surface area contributed by atoms with Crippen LogP contribution in [0, 0.1) is 10.1 Å². The molecule has 1 aliphatic rings. The number of thioether (sulfide) groups is 1. The summed E-state index contributed by atoms with van der Waals surface area (Å²) in [4.78, 5) is 41.2. The minimum atomic E-state index is -0.533. The summed E-state index contributed by atoms with van der Waals surface area (Å²) in [6.45, 7) is 3.65. The number of amides is 2. The second kappa shape index (κ2) is 12.4. The Morgan fingerprint density at radius 2 is 1.70 bits per heavy atom. The van der Waals surface area contributed by atoms with Crippen molar-refractivity contribution in [1.82, 2.24) is 9.80 Å². The first-order valence-corrected chi connectivity index (χ1v) is 12.8. The first-order chi connectivity index (χ1) is 17.9. The summed E-state index contributed by atoms with van der Waals surface area (Å²) >= 11 is 1.11. The van der Waals surface area contributed by atoms with Crippen molar-refractivity contribution >= 4 is 35.0 Å². The van der Waals surface area contributed by atoms with Crippen LogP contribution in [0.2, 0.25) is 0 Å². The summed E-state index contributed by atoms with van der Waals surface area (Å²) in [5.74, 6) is 0.0221. The normalized spacial score (nSPS) is 13.7. The van der Waals surface area contributed by atoms with Gasteiger partial charge in [-0.3, -0.25) is 24.6 Å². The lowest BCUT2D eigenvalue weighted by Crippen LogP contribution is -2.48. The minimum Gasteiger partial charge on any atom is -0.495 e. The van der Waals surface area contributed by atoms with Gasteiger partial charge in [0, 0.05) is 44.4 Å². The Morgan fingerprint density at radius 1 is 1.00 bits per heavy atom. The van der Waals surface area contributed by atoms with Crippen LogP contribution >= 0.6 is 11.8 Å². The highest BCUT2D eigenvalue weighted by atomic mass is 32.2. The molecule has 192 valence electrons. The van der Waals surface area contributed by atoms with Gasteiger partial charge in [-0.25, -0.2) is 0 Å². The van der Waals surface area contributed by atoms with Crippen LogP contribution in [0.3, 0.4) is 0 Å². The van der Waals surface area contributed by atoms with Crippen LogP contribution in [0.25, 0.3) is 0 Å². The van der Waals surface area contributed by atoms with E-state index in [2.05, 4.69) is 22.3 Å². The molecule has 10 heteroatoms. The molecule has 3 aromatic rings. The van der Waals surface area contributed by atoms with Crippen molar-refractivity contribution < 1.29 is 19.2 Å². The Morgan fingerprint density at radius 3 is 2.41 bits per heavy atom. The molecule has 1 N–H and O–H groups in total. The van der Waals surface area contributed by atoms with Crippen molar-refractivity contribution in [3.63, 3.8) is 0 Å². The van der Waals surface area contributed by atoms with Crippen LogP contribution in [-0.4, -0.2) is 65.6 Å². The number of piperazine rings is 1. The van der Waals surface area contributed by atoms with E-state index in [0.717, 1.165) is 31.4 Å². The highest BCUT2D eigenvalue weighted by Crippen LogP contribution is 2.31. The summed E-state index contributed by atoms with van der Waals surface area (Å²) < 4.78 is 5.24. The average Bonchev–Trinajstić information content (AvgIpc) is 2.92. The molecule has 0 bridgehead atoms. The Kier molecular flexibility index (Phi) is 8.76. The second-order valence-corrected chi connectivity index (χ2v) is 9.54. The Hall–Kier alpha value is -3.89. The number of hydrogen-bond acceptors (Lipinski definition) is 7. The van der Waals surface area contributed by atoms with Crippen LogP contribution in [0.5, 0.6) is 5.75 Å². The monoisotopic (exact) mass is 520 g/mol. The number of rotatable bonds is 9. The molecule has 1 saturated heterocycles. The number of carbonyl (C=O) groups excluding carboxylic acids is 2. The maximum absolute atomic E-state index is 12.8. The lowest BCUT2D eigenvalue weighted by Gasteiger charge is -2.34. The van der Waals surface area contributed by atoms with Crippen molar-refractivity contribution in [2.24, 2.45) is 0 Å². The molecule has 3 aromatic carbocycles. The molecule has 37 heavy (non-hydrogen) atoms. The number of nitro groups is 1. The average molecular weight is 521 g/mol. The topological polar surface area (TPSA) is 105 Å². The van der Waals surface area contributed by atoms with E-state index >= 15 is 0 Å². The quantitative estimate of drug-likeness (QED) is 0.255. The molecule has 0 saturated carbocycles. The Bertz CT molecular complexity index is 1260. The van der Waals surface area contributed by atoms with E-state index in [0.29, 0.717) is 29.4 Å². The van der Waals surface area contributed by atoms with E-state index in [-0.39, 0.29) is 22.9 Å². The van der Waals surface area contributed by atoms with Crippen LogP contribution in [0.15, 0.2) is 77.7 Å². The smallest absolute Gasteiger partial charge is 0.283 e. The van der Waals surface area contributed by atoms with Gasteiger partial charge in [-0.05, 0) is 29.8 Å². The predicted octanol–water partition coefficient (Wildman–Crippen LogP) is 4.29. The molecule has 0 aliphatic carbocycles. The van der Waals surface area contributed by atoms with Gasteiger partial charge < -0.3 is 15.0 Å². The zero-order valence-electron chi connectivity index (χ0n) is 20.5. The van der Waals surface area contributed by atoms with Crippen molar-refractivity contribution in [3.05, 3.63) is 94.0 Å². The van der Waals surface area contributed by atoms with Crippen LogP contribution in [-0.2, 0) is 11.3 Å². The van der Waals surface area contributed by atoms with Crippen molar-refractivity contribution in [2.75, 3.05) is 44.4 Å². The fourth-order valence-electron chi connectivity index (χ4n) is 4.09. The third-order valence-corrected chi connectivity index (χ3v) is 7.15. The number of nitrogens with one attached hydrogen (secondary N) is 1. The minimum absolute atomic E-state index is 0.0587. The molecule has 0 spiro atoms. The number of nitrogens with zero attached hydrogens (tertiary/aromatic N) is 3. The first kappa shape index (κ1) is 26.2. The van der Waals surface area contributed by atoms with Crippen LogP contribution in [0.1, 0.15) is 15.9 Å². The van der Waals surface area contributed by atoms with E-state index < -0.39 is 10.8 Å². The third-order valence-electron chi connectivity index (χ3n) is 6.10. The van der Waals surface area contributed by atoms with Gasteiger partial charge in [0.15, 0.2) is 0 Å². The first-order valence-electron chi connectivity index (χ1n) is 11.8. The fourth-order valence-corrected chi connectivity index (χ4v) is 5.00. The number of anilines is 1. The molecular formula is C27H28N4O5S. The van der Waals surface area contributed by atoms with Crippen LogP contribution in [0.4, 0.5) is 11.4 Å². The van der Waals surface area contributed by atoms with Gasteiger partial charge in [-0.15, -0.1) is 11.8 Å². The SMILES string of the molecule is COc1ccccc1NC(=O)c1ccc(SCC(=O)N2CCN(Cc3ccccc3)CC2)c([N+](=O)[O-])c1. The summed E-state index contributed by atoms with van der Waals surface area (Å²) in [5.41, 5.74) is 1.64. The predicted molar refractivity (Wildman–Crippen MR) is 143 cm³/mol. The molecule has 2 amide bonds. The summed E-state index contributed by atoms with van der Waals surface area (Å²) in [6.07, 6.45) is 0. The Labute approximate surface area is 219 Å². The van der Waals surface area contributed by atoms with E-state index in [9.17, 15) is 19.7 Å². The van der Waals surface area contributed by atoms with Crippen LogP contribution < -0.4 is 10.1 Å². The largest absolute Gasteiger partial charge is 0.495 e. The highest BCUT2D eigenvalue weighted by Gasteiger charge is 2.23. The van der Waals surface area contributed by atoms with E-state index in [1.807, 2.05) is 18.2 Å². The van der Waals surface area contributed by atoms with E-state index in [1.54, 1.807) is 29.2 Å². The number of para-hydroxylation sites is 2. The van der Waals surface area contributed by atoms with Gasteiger partial charge in [0.25, 0.3) is 11.6 Å². The maximum Gasteiger partial charge on any atom is 0.283 e. The van der Waals surface area contributed by atoms with E-state index in [4.69, 9.17) is 4.74 Å². The lowest BCUT2D eigenvalue weighted by atomic mass is 10.2. The van der Waals surface area contributed by atoms with Gasteiger partial charge in [0.1, 0.15) is 5.75 Å². The molecule has 4 rings (SSSR count). The molecule has 1 heterocycles. The summed E-state index contributed by atoms with van der Waals surface area (Å²) in [6, 6.07) is 21.4. The molecule has 0 atom stereocenters. The molecule has 0 unspecified atom stereocenters. The number of nitro benzene ring substituents is 1. The molecule has 1 aliphatic heterocycles. The standard InChI is InChI=1S/C27H28N4O5S/c1-36-24-10-6-5-9-22(24)28-27(33)21-11-12-25(23(17-21)31(34)35)37-19-26(32)30-15-13-29(14-16-30)18-20-7-3-2-4-8-20/h2-12,17H,13-16,18-19H2,1H3,(H,28,33). The summed E-state index contributed by atoms with van der Waals surface area (Å²) in [7, 11) is 1.49. The zero-order valence-corrected chi connectivity index (χ0v) is 21.3. The van der Waals surface area contributed by atoms with Gasteiger partial charge in [-0.1, -0.05) is 42.5 Å². The number of methoxy groups -OCH3 is 1. The van der Waals surface area contributed by atoms with Gasteiger partial charge in [0.2, 0.25) is 5.91 Å². The Balaban J connectivity index is 1.34. The number of carbonyl (C=O) groups is 2. The number of benzene rings is 3. The maximum atomic E-state index is 12.8. The summed E-state index contributed by atoms with van der Waals surface area (Å²) in [5, 5.41) is 14.4. The lowest BCUT2D eigenvalue weighted by molar-refractivity contribution is -0.387. The molecule has 0 aromatic heterocycles. The van der Waals surface area contributed by atoms with Gasteiger partial charge in [-0.2, -0.15) is 0 Å². The molecular weight excluding hydrogens is 492 g/mol. The van der Waals surface area contributed by atoms with Gasteiger partial charge >= 0.3 is 0 Å². The number of hydrogen-bond donors (Lipinski definition) is 1. The van der Waals surface area contributed by atoms with Gasteiger partial charge in [0.05, 0.1) is 28.4 Å². The second-order valence-electron chi connectivity index (χ2n) is 8.53. The molecule has 1 fully saturated rings. The molecule has 0 radical (unpaired) electrons. The fraction of sp³-hybridized carbons (Fsp3) is 0.259. The number of ether oxygens (including phenoxy) is 1. The zero-order chi connectivity index (χ0) is 26.2. The third kappa shape index (κ3) is 6.87. The van der Waals surface area contributed by atoms with E-state index in [1.165, 1.54) is 30.9 Å². The molecule has 9 nitrogen and oxygen atoms in total.